The smallest absolute Gasteiger partial charge is 0.354 e. The normalized spacial score (nSPS) is 12.3. The second kappa shape index (κ2) is 5.27. The number of alkyl halides is 6. The molecule has 0 amide bonds. The van der Waals surface area contributed by atoms with Crippen LogP contribution in [0.4, 0.5) is 37.7 Å². The van der Waals surface area contributed by atoms with E-state index < -0.39 is 23.6 Å². The SMILES string of the molecule is FC(F)(F)c1ccc(Nc2ccc(C(F)(F)F)nc2)cc1. The minimum absolute atomic E-state index is 0.239. The van der Waals surface area contributed by atoms with Crippen LogP contribution in [0.15, 0.2) is 42.6 Å². The van der Waals surface area contributed by atoms with Crippen LogP contribution in [0.3, 0.4) is 0 Å². The van der Waals surface area contributed by atoms with Gasteiger partial charge in [-0.15, -0.1) is 0 Å². The van der Waals surface area contributed by atoms with Gasteiger partial charge in [-0.05, 0) is 36.4 Å². The zero-order valence-corrected chi connectivity index (χ0v) is 10.3. The highest BCUT2D eigenvalue weighted by molar-refractivity contribution is 5.59. The van der Waals surface area contributed by atoms with Crippen LogP contribution in [-0.2, 0) is 12.4 Å². The first-order valence-electron chi connectivity index (χ1n) is 5.64. The molecular formula is C13H8F6N2. The highest BCUT2D eigenvalue weighted by atomic mass is 19.4. The molecule has 0 atom stereocenters. The summed E-state index contributed by atoms with van der Waals surface area (Å²) in [5.41, 5.74) is -1.30. The maximum atomic E-state index is 12.4. The van der Waals surface area contributed by atoms with E-state index in [-0.39, 0.29) is 5.69 Å². The fraction of sp³-hybridized carbons (Fsp3) is 0.154. The molecule has 0 aliphatic heterocycles. The Balaban J connectivity index is 2.12. The summed E-state index contributed by atoms with van der Waals surface area (Å²) in [6.07, 6.45) is -8.01. The van der Waals surface area contributed by atoms with Crippen molar-refractivity contribution in [3.05, 3.63) is 53.9 Å². The molecule has 2 aromatic rings. The van der Waals surface area contributed by atoms with E-state index in [1.807, 2.05) is 0 Å². The van der Waals surface area contributed by atoms with Crippen LogP contribution in [0.2, 0.25) is 0 Å². The average Bonchev–Trinajstić information content (AvgIpc) is 2.38. The minimum atomic E-state index is -4.53. The van der Waals surface area contributed by atoms with Crippen molar-refractivity contribution in [3.63, 3.8) is 0 Å². The molecule has 0 aliphatic carbocycles. The van der Waals surface area contributed by atoms with Gasteiger partial charge in [0.15, 0.2) is 0 Å². The summed E-state index contributed by atoms with van der Waals surface area (Å²) >= 11 is 0. The van der Waals surface area contributed by atoms with E-state index >= 15 is 0 Å². The van der Waals surface area contributed by atoms with Gasteiger partial charge in [0.05, 0.1) is 17.4 Å². The van der Waals surface area contributed by atoms with E-state index in [2.05, 4.69) is 10.3 Å². The van der Waals surface area contributed by atoms with Crippen molar-refractivity contribution in [2.75, 3.05) is 5.32 Å². The molecule has 0 fully saturated rings. The van der Waals surface area contributed by atoms with Crippen LogP contribution in [0, 0.1) is 0 Å². The number of benzene rings is 1. The van der Waals surface area contributed by atoms with Gasteiger partial charge < -0.3 is 5.32 Å². The van der Waals surface area contributed by atoms with Gasteiger partial charge in [0.25, 0.3) is 0 Å². The topological polar surface area (TPSA) is 24.9 Å². The lowest BCUT2D eigenvalue weighted by Gasteiger charge is -2.10. The van der Waals surface area contributed by atoms with Gasteiger partial charge in [0.1, 0.15) is 5.69 Å². The molecule has 1 N–H and O–H groups in total. The summed E-state index contributed by atoms with van der Waals surface area (Å²) in [7, 11) is 0. The fourth-order valence-corrected chi connectivity index (χ4v) is 1.54. The van der Waals surface area contributed by atoms with Crippen LogP contribution < -0.4 is 5.32 Å². The van der Waals surface area contributed by atoms with Gasteiger partial charge in [-0.25, -0.2) is 4.98 Å². The predicted octanol–water partition coefficient (Wildman–Crippen LogP) is 4.86. The monoisotopic (exact) mass is 306 g/mol. The first-order valence-corrected chi connectivity index (χ1v) is 5.64. The van der Waals surface area contributed by atoms with Crippen molar-refractivity contribution < 1.29 is 26.3 Å². The summed E-state index contributed by atoms with van der Waals surface area (Å²) in [5, 5.41) is 2.66. The van der Waals surface area contributed by atoms with Gasteiger partial charge >= 0.3 is 12.4 Å². The summed E-state index contributed by atoms with van der Waals surface area (Å²) in [6.45, 7) is 0. The summed E-state index contributed by atoms with van der Waals surface area (Å²) in [6, 6.07) is 6.04. The number of aromatic nitrogens is 1. The van der Waals surface area contributed by atoms with Crippen LogP contribution in [-0.4, -0.2) is 4.98 Å². The molecule has 0 unspecified atom stereocenters. The molecule has 0 saturated heterocycles. The van der Waals surface area contributed by atoms with Gasteiger partial charge in [0.2, 0.25) is 0 Å². The van der Waals surface area contributed by atoms with Crippen molar-refractivity contribution in [2.24, 2.45) is 0 Å². The van der Waals surface area contributed by atoms with Crippen LogP contribution in [0.5, 0.6) is 0 Å². The quantitative estimate of drug-likeness (QED) is 0.801. The molecule has 112 valence electrons. The molecule has 1 heterocycles. The number of halogens is 6. The molecule has 0 bridgehead atoms. The molecule has 1 aromatic carbocycles. The highest BCUT2D eigenvalue weighted by Crippen LogP contribution is 2.31. The zero-order chi connectivity index (χ0) is 15.7. The van der Waals surface area contributed by atoms with Crippen molar-refractivity contribution >= 4 is 11.4 Å². The molecule has 0 spiro atoms. The molecule has 21 heavy (non-hydrogen) atoms. The van der Waals surface area contributed by atoms with Crippen molar-refractivity contribution in [2.45, 2.75) is 12.4 Å². The average molecular weight is 306 g/mol. The Labute approximate surface area is 115 Å². The molecule has 1 aromatic heterocycles. The third-order valence-corrected chi connectivity index (χ3v) is 2.55. The number of rotatable bonds is 2. The highest BCUT2D eigenvalue weighted by Gasteiger charge is 2.32. The second-order valence-corrected chi connectivity index (χ2v) is 4.13. The van der Waals surface area contributed by atoms with E-state index in [0.717, 1.165) is 30.5 Å². The van der Waals surface area contributed by atoms with Gasteiger partial charge in [0, 0.05) is 5.69 Å². The number of nitrogens with one attached hydrogen (secondary N) is 1. The molecule has 8 heteroatoms. The Hall–Kier alpha value is -2.25. The number of anilines is 2. The Morgan fingerprint density at radius 2 is 1.29 bits per heavy atom. The third-order valence-electron chi connectivity index (χ3n) is 2.55. The Morgan fingerprint density at radius 3 is 1.71 bits per heavy atom. The maximum absolute atomic E-state index is 12.4. The number of nitrogens with zero attached hydrogens (tertiary/aromatic N) is 1. The van der Waals surface area contributed by atoms with Crippen LogP contribution >= 0.6 is 0 Å². The van der Waals surface area contributed by atoms with Crippen LogP contribution in [0.1, 0.15) is 11.3 Å². The van der Waals surface area contributed by atoms with E-state index in [1.165, 1.54) is 12.1 Å². The molecular weight excluding hydrogens is 298 g/mol. The van der Waals surface area contributed by atoms with E-state index in [0.29, 0.717) is 5.69 Å². The summed E-state index contributed by atoms with van der Waals surface area (Å²) in [5.74, 6) is 0. The first-order chi connectivity index (χ1) is 9.66. The lowest BCUT2D eigenvalue weighted by molar-refractivity contribution is -0.141. The molecule has 2 nitrogen and oxygen atoms in total. The standard InChI is InChI=1S/C13H8F6N2/c14-12(15,16)8-1-3-9(4-2-8)21-10-5-6-11(20-7-10)13(17,18)19/h1-7,21H. The molecule has 2 rings (SSSR count). The number of pyridine rings is 1. The van der Waals surface area contributed by atoms with Gasteiger partial charge in [-0.3, -0.25) is 0 Å². The maximum Gasteiger partial charge on any atom is 0.433 e. The second-order valence-electron chi connectivity index (χ2n) is 4.13. The van der Waals surface area contributed by atoms with Gasteiger partial charge in [-0.1, -0.05) is 0 Å². The molecule has 0 aliphatic rings. The van der Waals surface area contributed by atoms with E-state index in [1.54, 1.807) is 0 Å². The van der Waals surface area contributed by atoms with Crippen LogP contribution in [0.25, 0.3) is 0 Å². The molecule has 0 saturated carbocycles. The predicted molar refractivity (Wildman–Crippen MR) is 64.0 cm³/mol. The van der Waals surface area contributed by atoms with E-state index in [9.17, 15) is 26.3 Å². The van der Waals surface area contributed by atoms with E-state index in [4.69, 9.17) is 0 Å². The Morgan fingerprint density at radius 1 is 0.714 bits per heavy atom. The van der Waals surface area contributed by atoms with Crippen molar-refractivity contribution in [1.82, 2.24) is 4.98 Å². The largest absolute Gasteiger partial charge is 0.433 e. The summed E-state index contributed by atoms with van der Waals surface area (Å²) in [4.78, 5) is 3.24. The lowest BCUT2D eigenvalue weighted by Crippen LogP contribution is -2.07. The summed E-state index contributed by atoms with van der Waals surface area (Å²) < 4.78 is 74.0. The first kappa shape index (κ1) is 15.1. The zero-order valence-electron chi connectivity index (χ0n) is 10.3. The van der Waals surface area contributed by atoms with Crippen molar-refractivity contribution in [1.29, 1.82) is 0 Å². The Bertz CT molecular complexity index is 543. The third kappa shape index (κ3) is 3.87. The van der Waals surface area contributed by atoms with Gasteiger partial charge in [-0.2, -0.15) is 26.3 Å². The number of hydrogen-bond donors (Lipinski definition) is 1. The lowest BCUT2D eigenvalue weighted by atomic mass is 10.2. The fourth-order valence-electron chi connectivity index (χ4n) is 1.54. The number of hydrogen-bond acceptors (Lipinski definition) is 2. The molecule has 0 radical (unpaired) electrons. The minimum Gasteiger partial charge on any atom is -0.354 e. The Kier molecular flexibility index (Phi) is 3.80. The van der Waals surface area contributed by atoms with Crippen molar-refractivity contribution in [3.8, 4) is 0 Å².